The maximum absolute atomic E-state index is 13.1. The first-order valence-corrected chi connectivity index (χ1v) is 6.97. The van der Waals surface area contributed by atoms with E-state index < -0.39 is 0 Å². The third kappa shape index (κ3) is 3.15. The predicted molar refractivity (Wildman–Crippen MR) is 74.2 cm³/mol. The molecule has 4 heteroatoms. The summed E-state index contributed by atoms with van der Waals surface area (Å²) in [5.41, 5.74) is 0.842. The zero-order valence-electron chi connectivity index (χ0n) is 10.6. The van der Waals surface area contributed by atoms with Gasteiger partial charge < -0.3 is 5.32 Å². The van der Waals surface area contributed by atoms with Crippen molar-refractivity contribution in [2.45, 2.75) is 26.3 Å². The average molecular weight is 264 g/mol. The van der Waals surface area contributed by atoms with Gasteiger partial charge in [-0.1, -0.05) is 19.1 Å². The van der Waals surface area contributed by atoms with Crippen molar-refractivity contribution in [3.8, 4) is 10.6 Å². The molecule has 1 N–H and O–H groups in total. The molecule has 0 saturated carbocycles. The molecular formula is C14H17FN2S. The van der Waals surface area contributed by atoms with Crippen molar-refractivity contribution in [2.75, 3.05) is 6.54 Å². The molecule has 2 aromatic rings. The molecule has 0 aliphatic carbocycles. The van der Waals surface area contributed by atoms with Crippen molar-refractivity contribution in [2.24, 2.45) is 0 Å². The van der Waals surface area contributed by atoms with Gasteiger partial charge in [0.05, 0.1) is 0 Å². The maximum Gasteiger partial charge on any atom is 0.123 e. The first-order valence-electron chi connectivity index (χ1n) is 6.15. The molecule has 1 unspecified atom stereocenters. The Labute approximate surface area is 111 Å². The van der Waals surface area contributed by atoms with Crippen molar-refractivity contribution in [1.82, 2.24) is 10.3 Å². The molecule has 0 aliphatic heterocycles. The summed E-state index contributed by atoms with van der Waals surface area (Å²) in [6, 6.07) is 6.86. The number of benzene rings is 1. The van der Waals surface area contributed by atoms with Gasteiger partial charge in [-0.15, -0.1) is 11.3 Å². The van der Waals surface area contributed by atoms with Crippen molar-refractivity contribution in [3.05, 3.63) is 41.2 Å². The molecule has 2 nitrogen and oxygen atoms in total. The standard InChI is InChI=1S/C14H17FN2S/c1-3-7-16-10(2)13-9-17-14(18-13)11-5-4-6-12(15)8-11/h4-6,8-10,16H,3,7H2,1-2H3. The highest BCUT2D eigenvalue weighted by molar-refractivity contribution is 7.15. The van der Waals surface area contributed by atoms with E-state index in [1.165, 1.54) is 17.0 Å². The van der Waals surface area contributed by atoms with Gasteiger partial charge in [0.1, 0.15) is 10.8 Å². The van der Waals surface area contributed by atoms with Gasteiger partial charge in [-0.3, -0.25) is 0 Å². The smallest absolute Gasteiger partial charge is 0.123 e. The van der Waals surface area contributed by atoms with E-state index in [-0.39, 0.29) is 5.82 Å². The Morgan fingerprint density at radius 3 is 3.00 bits per heavy atom. The summed E-state index contributed by atoms with van der Waals surface area (Å²) >= 11 is 1.61. The van der Waals surface area contributed by atoms with E-state index in [9.17, 15) is 4.39 Å². The quantitative estimate of drug-likeness (QED) is 0.882. The predicted octanol–water partition coefficient (Wildman–Crippen LogP) is 4.01. The second-order valence-corrected chi connectivity index (χ2v) is 5.32. The highest BCUT2D eigenvalue weighted by Crippen LogP contribution is 2.28. The van der Waals surface area contributed by atoms with Crippen LogP contribution in [0.3, 0.4) is 0 Å². The number of rotatable bonds is 5. The minimum Gasteiger partial charge on any atom is -0.309 e. The Hall–Kier alpha value is -1.26. The van der Waals surface area contributed by atoms with Crippen molar-refractivity contribution in [1.29, 1.82) is 0 Å². The zero-order chi connectivity index (χ0) is 13.0. The summed E-state index contributed by atoms with van der Waals surface area (Å²) in [5.74, 6) is -0.221. The lowest BCUT2D eigenvalue weighted by Crippen LogP contribution is -2.18. The molecule has 0 fully saturated rings. The van der Waals surface area contributed by atoms with Crippen molar-refractivity contribution >= 4 is 11.3 Å². The molecule has 1 atom stereocenters. The Morgan fingerprint density at radius 1 is 1.44 bits per heavy atom. The van der Waals surface area contributed by atoms with Crippen LogP contribution in [-0.4, -0.2) is 11.5 Å². The van der Waals surface area contributed by atoms with Gasteiger partial charge >= 0.3 is 0 Å². The fourth-order valence-electron chi connectivity index (χ4n) is 1.70. The van der Waals surface area contributed by atoms with E-state index in [0.29, 0.717) is 6.04 Å². The molecule has 1 heterocycles. The van der Waals surface area contributed by atoms with Gasteiger partial charge in [-0.2, -0.15) is 0 Å². The SMILES string of the molecule is CCCNC(C)c1cnc(-c2cccc(F)c2)s1. The van der Waals surface area contributed by atoms with Gasteiger partial charge in [0.15, 0.2) is 0 Å². The van der Waals surface area contributed by atoms with Gasteiger partial charge in [-0.25, -0.2) is 9.37 Å². The fraction of sp³-hybridized carbons (Fsp3) is 0.357. The summed E-state index contributed by atoms with van der Waals surface area (Å²) in [5, 5.41) is 4.29. The molecule has 1 aromatic heterocycles. The van der Waals surface area contributed by atoms with E-state index in [0.717, 1.165) is 23.5 Å². The summed E-state index contributed by atoms with van der Waals surface area (Å²) in [7, 11) is 0. The summed E-state index contributed by atoms with van der Waals surface area (Å²) in [4.78, 5) is 5.55. The minimum atomic E-state index is -0.221. The average Bonchev–Trinajstić information content (AvgIpc) is 2.85. The number of nitrogens with one attached hydrogen (secondary N) is 1. The Balaban J connectivity index is 2.15. The number of nitrogens with zero attached hydrogens (tertiary/aromatic N) is 1. The van der Waals surface area contributed by atoms with Crippen LogP contribution in [0.25, 0.3) is 10.6 Å². The van der Waals surface area contributed by atoms with E-state index in [1.54, 1.807) is 17.4 Å². The molecule has 2 rings (SSSR count). The van der Waals surface area contributed by atoms with E-state index in [2.05, 4.69) is 24.1 Å². The van der Waals surface area contributed by atoms with Gasteiger partial charge in [0, 0.05) is 22.7 Å². The highest BCUT2D eigenvalue weighted by Gasteiger charge is 2.10. The lowest BCUT2D eigenvalue weighted by atomic mass is 10.2. The largest absolute Gasteiger partial charge is 0.309 e. The van der Waals surface area contributed by atoms with Crippen LogP contribution in [0, 0.1) is 5.82 Å². The van der Waals surface area contributed by atoms with Gasteiger partial charge in [0.2, 0.25) is 0 Å². The van der Waals surface area contributed by atoms with Crippen LogP contribution < -0.4 is 5.32 Å². The molecular weight excluding hydrogens is 247 g/mol. The van der Waals surface area contributed by atoms with Crippen LogP contribution in [0.5, 0.6) is 0 Å². The number of thiazole rings is 1. The number of hydrogen-bond donors (Lipinski definition) is 1. The minimum absolute atomic E-state index is 0.221. The fourth-order valence-corrected chi connectivity index (χ4v) is 2.64. The van der Waals surface area contributed by atoms with Crippen LogP contribution in [0.2, 0.25) is 0 Å². The molecule has 96 valence electrons. The van der Waals surface area contributed by atoms with Crippen LogP contribution in [-0.2, 0) is 0 Å². The van der Waals surface area contributed by atoms with Crippen molar-refractivity contribution < 1.29 is 4.39 Å². The molecule has 0 amide bonds. The first-order chi connectivity index (χ1) is 8.70. The van der Waals surface area contributed by atoms with E-state index in [1.807, 2.05) is 12.3 Å². The Kier molecular flexibility index (Phi) is 4.44. The van der Waals surface area contributed by atoms with Crippen LogP contribution >= 0.6 is 11.3 Å². The Morgan fingerprint density at radius 2 is 2.28 bits per heavy atom. The molecule has 0 radical (unpaired) electrons. The van der Waals surface area contributed by atoms with E-state index >= 15 is 0 Å². The lowest BCUT2D eigenvalue weighted by Gasteiger charge is -2.09. The normalized spacial score (nSPS) is 12.6. The molecule has 1 aromatic carbocycles. The third-order valence-electron chi connectivity index (χ3n) is 2.72. The van der Waals surface area contributed by atoms with Crippen molar-refractivity contribution in [3.63, 3.8) is 0 Å². The number of halogens is 1. The number of aromatic nitrogens is 1. The zero-order valence-corrected chi connectivity index (χ0v) is 11.4. The lowest BCUT2D eigenvalue weighted by molar-refractivity contribution is 0.577. The second kappa shape index (κ2) is 6.07. The highest BCUT2D eigenvalue weighted by atomic mass is 32.1. The summed E-state index contributed by atoms with van der Waals surface area (Å²) < 4.78 is 13.1. The van der Waals surface area contributed by atoms with Crippen LogP contribution in [0.15, 0.2) is 30.5 Å². The monoisotopic (exact) mass is 264 g/mol. The molecule has 0 saturated heterocycles. The summed E-state index contributed by atoms with van der Waals surface area (Å²) in [6.45, 7) is 5.26. The van der Waals surface area contributed by atoms with Crippen LogP contribution in [0.4, 0.5) is 4.39 Å². The second-order valence-electron chi connectivity index (χ2n) is 4.25. The third-order valence-corrected chi connectivity index (χ3v) is 3.95. The molecule has 18 heavy (non-hydrogen) atoms. The van der Waals surface area contributed by atoms with E-state index in [4.69, 9.17) is 0 Å². The summed E-state index contributed by atoms with van der Waals surface area (Å²) in [6.07, 6.45) is 2.98. The molecule has 0 bridgehead atoms. The molecule has 0 spiro atoms. The van der Waals surface area contributed by atoms with Gasteiger partial charge in [-0.05, 0) is 32.0 Å². The molecule has 0 aliphatic rings. The Bertz CT molecular complexity index is 510. The topological polar surface area (TPSA) is 24.9 Å². The maximum atomic E-state index is 13.1. The first kappa shape index (κ1) is 13.2. The van der Waals surface area contributed by atoms with Gasteiger partial charge in [0.25, 0.3) is 0 Å². The van der Waals surface area contributed by atoms with Crippen LogP contribution in [0.1, 0.15) is 31.2 Å². The number of hydrogen-bond acceptors (Lipinski definition) is 3.